The van der Waals surface area contributed by atoms with Crippen molar-refractivity contribution < 1.29 is 29.0 Å². The minimum absolute atomic E-state index is 0.00942. The van der Waals surface area contributed by atoms with Crippen LogP contribution in [0.15, 0.2) is 12.2 Å². The summed E-state index contributed by atoms with van der Waals surface area (Å²) in [5.74, 6) is -1.41. The molecule has 0 radical (unpaired) electrons. The quantitative estimate of drug-likeness (QED) is 0.0412. The third kappa shape index (κ3) is 35.0. The van der Waals surface area contributed by atoms with Gasteiger partial charge in [0.25, 0.3) is 0 Å². The van der Waals surface area contributed by atoms with Crippen molar-refractivity contribution in [2.75, 3.05) is 6.61 Å². The van der Waals surface area contributed by atoms with E-state index in [1.54, 1.807) is 0 Å². The van der Waals surface area contributed by atoms with Crippen LogP contribution in [-0.4, -0.2) is 35.7 Å². The molecule has 0 aromatic rings. The maximum atomic E-state index is 12.6. The minimum atomic E-state index is -0.974. The van der Waals surface area contributed by atoms with Gasteiger partial charge in [0.05, 0.1) is 19.4 Å². The Balaban J connectivity index is 3.87. The first-order chi connectivity index (χ1) is 22.5. The van der Waals surface area contributed by atoms with Crippen LogP contribution in [-0.2, 0) is 23.9 Å². The summed E-state index contributed by atoms with van der Waals surface area (Å²) in [5.41, 5.74) is 0. The molecule has 1 atom stereocenters. The molecule has 0 unspecified atom stereocenters. The first-order valence-corrected chi connectivity index (χ1v) is 19.7. The van der Waals surface area contributed by atoms with Gasteiger partial charge in [-0.3, -0.25) is 14.4 Å². The van der Waals surface area contributed by atoms with Gasteiger partial charge in [0.1, 0.15) is 6.10 Å². The van der Waals surface area contributed by atoms with E-state index < -0.39 is 11.9 Å². The van der Waals surface area contributed by atoms with Crippen molar-refractivity contribution in [3.63, 3.8) is 0 Å². The highest BCUT2D eigenvalue weighted by Crippen LogP contribution is 2.17. The summed E-state index contributed by atoms with van der Waals surface area (Å²) in [6, 6.07) is 0. The fourth-order valence-corrected chi connectivity index (χ4v) is 5.81. The number of unbranched alkanes of at least 4 members (excludes halogenated alkanes) is 23. The highest BCUT2D eigenvalue weighted by Gasteiger charge is 2.13. The molecule has 6 heteroatoms. The lowest BCUT2D eigenvalue weighted by molar-refractivity contribution is -0.149. The highest BCUT2D eigenvalue weighted by molar-refractivity contribution is 5.76. The number of carbonyl (C=O) groups is 3. The van der Waals surface area contributed by atoms with Gasteiger partial charge in [0.15, 0.2) is 0 Å². The lowest BCUT2D eigenvalue weighted by Crippen LogP contribution is -2.17. The zero-order valence-electron chi connectivity index (χ0n) is 30.3. The van der Waals surface area contributed by atoms with E-state index in [0.29, 0.717) is 13.0 Å². The van der Waals surface area contributed by atoms with E-state index in [9.17, 15) is 14.4 Å². The van der Waals surface area contributed by atoms with E-state index in [-0.39, 0.29) is 24.9 Å². The van der Waals surface area contributed by atoms with E-state index in [1.165, 1.54) is 109 Å². The van der Waals surface area contributed by atoms with Crippen molar-refractivity contribution >= 4 is 17.9 Å². The summed E-state index contributed by atoms with van der Waals surface area (Å²) in [6.45, 7) is 4.88. The molecular weight excluding hydrogens is 576 g/mol. The lowest BCUT2D eigenvalue weighted by Gasteiger charge is -2.16. The molecule has 0 aliphatic heterocycles. The van der Waals surface area contributed by atoms with Crippen LogP contribution in [0, 0.1) is 0 Å². The molecule has 0 aromatic heterocycles. The van der Waals surface area contributed by atoms with Crippen molar-refractivity contribution in [1.29, 1.82) is 0 Å². The number of carbonyl (C=O) groups excluding carboxylic acids is 2. The summed E-state index contributed by atoms with van der Waals surface area (Å²) in [6.07, 6.45) is 38.8. The normalized spacial score (nSPS) is 12.0. The van der Waals surface area contributed by atoms with Gasteiger partial charge in [-0.05, 0) is 38.5 Å². The van der Waals surface area contributed by atoms with E-state index in [0.717, 1.165) is 70.6 Å². The first-order valence-electron chi connectivity index (χ1n) is 19.7. The molecule has 0 bridgehead atoms. The van der Waals surface area contributed by atoms with Crippen molar-refractivity contribution in [2.45, 2.75) is 219 Å². The SMILES string of the molecule is CCCCCCCCCCCCCCCCCC(=O)O[C@@H](C/C=C\CCCCCCCCOC(=O)CCC(=O)O)CCCCCC. The number of rotatable bonds is 36. The van der Waals surface area contributed by atoms with Crippen LogP contribution in [0.4, 0.5) is 0 Å². The summed E-state index contributed by atoms with van der Waals surface area (Å²) in [7, 11) is 0. The van der Waals surface area contributed by atoms with Crippen LogP contribution in [0.3, 0.4) is 0 Å². The summed E-state index contributed by atoms with van der Waals surface area (Å²) >= 11 is 0. The molecule has 0 aliphatic carbocycles. The maximum absolute atomic E-state index is 12.6. The van der Waals surface area contributed by atoms with E-state index in [4.69, 9.17) is 14.6 Å². The number of esters is 2. The van der Waals surface area contributed by atoms with Gasteiger partial charge in [-0.1, -0.05) is 161 Å². The van der Waals surface area contributed by atoms with E-state index in [1.807, 2.05) is 0 Å². The Kier molecular flexibility index (Phi) is 34.5. The summed E-state index contributed by atoms with van der Waals surface area (Å²) < 4.78 is 11.0. The van der Waals surface area contributed by atoms with Gasteiger partial charge in [-0.25, -0.2) is 0 Å². The van der Waals surface area contributed by atoms with Gasteiger partial charge in [0, 0.05) is 12.8 Å². The molecule has 0 aromatic carbocycles. The van der Waals surface area contributed by atoms with Crippen LogP contribution < -0.4 is 0 Å². The van der Waals surface area contributed by atoms with Gasteiger partial charge in [-0.2, -0.15) is 0 Å². The third-order valence-electron chi connectivity index (χ3n) is 8.80. The van der Waals surface area contributed by atoms with Crippen LogP contribution in [0.25, 0.3) is 0 Å². The predicted molar refractivity (Wildman–Crippen MR) is 192 cm³/mol. The zero-order valence-corrected chi connectivity index (χ0v) is 30.3. The van der Waals surface area contributed by atoms with Crippen molar-refractivity contribution in [1.82, 2.24) is 0 Å². The molecule has 0 amide bonds. The van der Waals surface area contributed by atoms with Gasteiger partial charge >= 0.3 is 17.9 Å². The second-order valence-corrected chi connectivity index (χ2v) is 13.4. The number of hydrogen-bond acceptors (Lipinski definition) is 5. The molecule has 46 heavy (non-hydrogen) atoms. The molecule has 0 fully saturated rings. The third-order valence-corrected chi connectivity index (χ3v) is 8.80. The Morgan fingerprint density at radius 2 is 1.00 bits per heavy atom. The Labute approximate surface area is 284 Å². The number of allylic oxidation sites excluding steroid dienone is 1. The number of aliphatic carboxylic acids is 1. The molecule has 0 aliphatic rings. The van der Waals surface area contributed by atoms with Crippen LogP contribution in [0.1, 0.15) is 213 Å². The first kappa shape index (κ1) is 44.1. The molecule has 0 saturated heterocycles. The van der Waals surface area contributed by atoms with Crippen LogP contribution in [0.5, 0.6) is 0 Å². The maximum Gasteiger partial charge on any atom is 0.306 e. The van der Waals surface area contributed by atoms with Crippen molar-refractivity contribution in [2.24, 2.45) is 0 Å². The lowest BCUT2D eigenvalue weighted by atomic mass is 10.0. The smallest absolute Gasteiger partial charge is 0.306 e. The summed E-state index contributed by atoms with van der Waals surface area (Å²) in [5, 5.41) is 8.59. The Bertz CT molecular complexity index is 719. The van der Waals surface area contributed by atoms with E-state index >= 15 is 0 Å². The topological polar surface area (TPSA) is 89.9 Å². The van der Waals surface area contributed by atoms with Gasteiger partial charge in [-0.15, -0.1) is 0 Å². The summed E-state index contributed by atoms with van der Waals surface area (Å²) in [4.78, 5) is 34.4. The Hall–Kier alpha value is -1.85. The molecule has 0 spiro atoms. The highest BCUT2D eigenvalue weighted by atomic mass is 16.5. The van der Waals surface area contributed by atoms with Crippen molar-refractivity contribution in [3.8, 4) is 0 Å². The molecule has 0 saturated carbocycles. The predicted octanol–water partition coefficient (Wildman–Crippen LogP) is 12.2. The fourth-order valence-electron chi connectivity index (χ4n) is 5.81. The van der Waals surface area contributed by atoms with E-state index in [2.05, 4.69) is 26.0 Å². The monoisotopic (exact) mass is 651 g/mol. The van der Waals surface area contributed by atoms with Crippen molar-refractivity contribution in [3.05, 3.63) is 12.2 Å². The largest absolute Gasteiger partial charge is 0.481 e. The van der Waals surface area contributed by atoms with Crippen LogP contribution in [0.2, 0.25) is 0 Å². The van der Waals surface area contributed by atoms with Gasteiger partial charge in [0.2, 0.25) is 0 Å². The second-order valence-electron chi connectivity index (χ2n) is 13.4. The molecular formula is C40H74O6. The van der Waals surface area contributed by atoms with Gasteiger partial charge < -0.3 is 14.6 Å². The molecule has 270 valence electrons. The number of ether oxygens (including phenoxy) is 2. The molecule has 0 rings (SSSR count). The Morgan fingerprint density at radius 3 is 1.54 bits per heavy atom. The fraction of sp³-hybridized carbons (Fsp3) is 0.875. The Morgan fingerprint density at radius 1 is 0.522 bits per heavy atom. The zero-order chi connectivity index (χ0) is 33.8. The minimum Gasteiger partial charge on any atom is -0.481 e. The average molecular weight is 651 g/mol. The number of hydrogen-bond donors (Lipinski definition) is 1. The average Bonchev–Trinajstić information content (AvgIpc) is 3.04. The number of carboxylic acids is 1. The molecule has 0 heterocycles. The molecule has 6 nitrogen and oxygen atoms in total. The van der Waals surface area contributed by atoms with Crippen LogP contribution >= 0.6 is 0 Å². The molecule has 1 N–H and O–H groups in total. The number of carboxylic acid groups (broad SMARTS) is 1. The standard InChI is InChI=1S/C40H74O6/c1-3-5-7-9-10-11-12-13-14-15-16-19-22-25-29-33-40(44)46-37(31-27-8-6-4-2)32-28-24-21-18-17-20-23-26-30-36-45-39(43)35-34-38(41)42/h24,28,37H,3-23,25-27,29-36H2,1-2H3,(H,41,42)/b28-24-/t37-/m1/s1. The second kappa shape index (κ2) is 36.0.